The van der Waals surface area contributed by atoms with E-state index < -0.39 is 0 Å². The quantitative estimate of drug-likeness (QED) is 0.697. The van der Waals surface area contributed by atoms with E-state index in [2.05, 4.69) is 10.3 Å². The molecule has 140 valence electrons. The minimum Gasteiger partial charge on any atom is -0.448 e. The third-order valence-electron chi connectivity index (χ3n) is 4.50. The van der Waals surface area contributed by atoms with E-state index in [0.29, 0.717) is 11.5 Å². The highest BCUT2D eigenvalue weighted by Crippen LogP contribution is 2.31. The number of carbonyl (C=O) groups is 1. The molecule has 0 saturated carbocycles. The Balaban J connectivity index is 0.00000121. The van der Waals surface area contributed by atoms with Crippen molar-refractivity contribution < 1.29 is 9.21 Å². The van der Waals surface area contributed by atoms with Crippen molar-refractivity contribution in [2.45, 2.75) is 18.9 Å². The van der Waals surface area contributed by atoms with Crippen molar-refractivity contribution in [2.24, 2.45) is 0 Å². The summed E-state index contributed by atoms with van der Waals surface area (Å²) in [5.41, 5.74) is 0.952. The van der Waals surface area contributed by atoms with Crippen molar-refractivity contribution in [3.8, 4) is 10.8 Å². The maximum atomic E-state index is 12.7. The average Bonchev–Trinajstić information content (AvgIpc) is 3.27. The predicted molar refractivity (Wildman–Crippen MR) is 110 cm³/mol. The number of amides is 1. The molecule has 1 fully saturated rings. The molecule has 0 unspecified atom stereocenters. The first kappa shape index (κ1) is 20.7. The molecule has 0 aliphatic carbocycles. The van der Waals surface area contributed by atoms with Crippen LogP contribution >= 0.6 is 36.2 Å². The molecular weight excluding hydrogens is 393 g/mol. The lowest BCUT2D eigenvalue weighted by molar-refractivity contribution is 0.0672. The van der Waals surface area contributed by atoms with Crippen LogP contribution in [0, 0.1) is 0 Å². The largest absolute Gasteiger partial charge is 0.448 e. The molecule has 1 amide bonds. The van der Waals surface area contributed by atoms with E-state index in [4.69, 9.17) is 4.42 Å². The van der Waals surface area contributed by atoms with Gasteiger partial charge in [-0.15, -0.1) is 36.2 Å². The Morgan fingerprint density at radius 2 is 1.92 bits per heavy atom. The maximum absolute atomic E-state index is 12.7. The van der Waals surface area contributed by atoms with Gasteiger partial charge in [0.05, 0.1) is 10.2 Å². The normalized spacial score (nSPS) is 14.5. The van der Waals surface area contributed by atoms with Crippen molar-refractivity contribution in [1.82, 2.24) is 15.2 Å². The number of fused-ring (bicyclic) bond motifs is 1. The minimum atomic E-state index is -0.0609. The summed E-state index contributed by atoms with van der Waals surface area (Å²) >= 11 is 1.57. The molecule has 2 aromatic heterocycles. The summed E-state index contributed by atoms with van der Waals surface area (Å²) < 4.78 is 6.93. The van der Waals surface area contributed by atoms with Gasteiger partial charge in [-0.1, -0.05) is 12.1 Å². The Hall–Kier alpha value is -1.60. The molecule has 4 rings (SSSR count). The summed E-state index contributed by atoms with van der Waals surface area (Å²) in [7, 11) is 1.86. The molecule has 1 saturated heterocycles. The summed E-state index contributed by atoms with van der Waals surface area (Å²) in [6.07, 6.45) is 1.96. The second kappa shape index (κ2) is 8.86. The van der Waals surface area contributed by atoms with Crippen LogP contribution in [0.4, 0.5) is 0 Å². The second-order valence-corrected chi connectivity index (χ2v) is 7.08. The molecule has 5 nitrogen and oxygen atoms in total. The zero-order valence-corrected chi connectivity index (χ0v) is 16.8. The molecule has 1 aromatic carbocycles. The third kappa shape index (κ3) is 4.04. The molecule has 1 N–H and O–H groups in total. The number of rotatable bonds is 3. The van der Waals surface area contributed by atoms with E-state index in [-0.39, 0.29) is 36.8 Å². The van der Waals surface area contributed by atoms with Crippen molar-refractivity contribution in [3.63, 3.8) is 0 Å². The van der Waals surface area contributed by atoms with Crippen molar-refractivity contribution in [2.75, 3.05) is 20.1 Å². The first-order chi connectivity index (χ1) is 11.7. The number of nitrogens with zero attached hydrogens (tertiary/aromatic N) is 2. The van der Waals surface area contributed by atoms with Gasteiger partial charge in [0.25, 0.3) is 5.91 Å². The fourth-order valence-electron chi connectivity index (χ4n) is 3.08. The molecule has 1 aliphatic rings. The average molecular weight is 414 g/mol. The Morgan fingerprint density at radius 3 is 2.65 bits per heavy atom. The van der Waals surface area contributed by atoms with Gasteiger partial charge in [0.2, 0.25) is 0 Å². The van der Waals surface area contributed by atoms with Gasteiger partial charge in [-0.05, 0) is 50.2 Å². The molecule has 0 bridgehead atoms. The summed E-state index contributed by atoms with van der Waals surface area (Å²) in [6.45, 7) is 1.91. The first-order valence-corrected chi connectivity index (χ1v) is 8.97. The van der Waals surface area contributed by atoms with E-state index in [1.165, 1.54) is 0 Å². The van der Waals surface area contributed by atoms with Crippen LogP contribution in [0.3, 0.4) is 0 Å². The highest BCUT2D eigenvalue weighted by molar-refractivity contribution is 7.21. The monoisotopic (exact) mass is 413 g/mol. The number of aromatic nitrogens is 1. The SMILES string of the molecule is CN(C(=O)c1ccc(-c2nc3ccccc3s2)o1)C1CCNCC1.Cl.Cl. The predicted octanol–water partition coefficient (Wildman–Crippen LogP) is 4.22. The van der Waals surface area contributed by atoms with Crippen molar-refractivity contribution >= 4 is 52.3 Å². The number of furan rings is 1. The van der Waals surface area contributed by atoms with Gasteiger partial charge in [-0.3, -0.25) is 4.79 Å². The highest BCUT2D eigenvalue weighted by atomic mass is 35.5. The number of hydrogen-bond donors (Lipinski definition) is 1. The zero-order valence-electron chi connectivity index (χ0n) is 14.3. The van der Waals surface area contributed by atoms with Crippen LogP contribution in [0.2, 0.25) is 0 Å². The number of piperidine rings is 1. The van der Waals surface area contributed by atoms with E-state index in [0.717, 1.165) is 41.2 Å². The molecule has 0 atom stereocenters. The highest BCUT2D eigenvalue weighted by Gasteiger charge is 2.25. The summed E-state index contributed by atoms with van der Waals surface area (Å²) in [5.74, 6) is 0.970. The smallest absolute Gasteiger partial charge is 0.289 e. The van der Waals surface area contributed by atoms with Crippen LogP contribution in [0.25, 0.3) is 21.0 Å². The number of carbonyl (C=O) groups excluding carboxylic acids is 1. The number of nitrogens with one attached hydrogen (secondary N) is 1. The second-order valence-electron chi connectivity index (χ2n) is 6.05. The number of benzene rings is 1. The standard InChI is InChI=1S/C18H19N3O2S.2ClH/c1-21(12-8-10-19-11-9-12)18(22)15-7-6-14(23-15)17-20-13-4-2-3-5-16(13)24-17;;/h2-7,12,19H,8-11H2,1H3;2*1H. The molecule has 0 spiro atoms. The molecule has 0 radical (unpaired) electrons. The summed E-state index contributed by atoms with van der Waals surface area (Å²) in [6, 6.07) is 11.8. The van der Waals surface area contributed by atoms with Gasteiger partial charge < -0.3 is 14.6 Å². The Labute approximate surface area is 168 Å². The number of hydrogen-bond acceptors (Lipinski definition) is 5. The number of halogens is 2. The van der Waals surface area contributed by atoms with Gasteiger partial charge in [-0.25, -0.2) is 4.98 Å². The Kier molecular flexibility index (Phi) is 7.06. The van der Waals surface area contributed by atoms with Crippen LogP contribution in [0.5, 0.6) is 0 Å². The third-order valence-corrected chi connectivity index (χ3v) is 5.55. The molecule has 8 heteroatoms. The van der Waals surface area contributed by atoms with Crippen LogP contribution < -0.4 is 5.32 Å². The van der Waals surface area contributed by atoms with Crippen LogP contribution in [0.1, 0.15) is 23.4 Å². The molecule has 3 heterocycles. The molecule has 1 aliphatic heterocycles. The van der Waals surface area contributed by atoms with Crippen molar-refractivity contribution in [1.29, 1.82) is 0 Å². The fourth-order valence-corrected chi connectivity index (χ4v) is 4.01. The van der Waals surface area contributed by atoms with Crippen molar-refractivity contribution in [3.05, 3.63) is 42.2 Å². The number of para-hydroxylation sites is 1. The van der Waals surface area contributed by atoms with Gasteiger partial charge in [-0.2, -0.15) is 0 Å². The Bertz CT molecular complexity index is 841. The summed E-state index contributed by atoms with van der Waals surface area (Å²) in [5, 5.41) is 4.12. The molecule has 26 heavy (non-hydrogen) atoms. The fraction of sp³-hybridized carbons (Fsp3) is 0.333. The summed E-state index contributed by atoms with van der Waals surface area (Å²) in [4.78, 5) is 19.0. The van der Waals surface area contributed by atoms with Gasteiger partial charge in [0.1, 0.15) is 0 Å². The van der Waals surface area contributed by atoms with E-state index in [1.807, 2.05) is 42.3 Å². The van der Waals surface area contributed by atoms with Gasteiger partial charge in [0, 0.05) is 13.1 Å². The number of thiazole rings is 1. The topological polar surface area (TPSA) is 58.4 Å². The van der Waals surface area contributed by atoms with Crippen LogP contribution in [-0.2, 0) is 0 Å². The Morgan fingerprint density at radius 1 is 1.19 bits per heavy atom. The lowest BCUT2D eigenvalue weighted by atomic mass is 10.1. The van der Waals surface area contributed by atoms with E-state index in [9.17, 15) is 4.79 Å². The lowest BCUT2D eigenvalue weighted by Gasteiger charge is -2.31. The van der Waals surface area contributed by atoms with Crippen LogP contribution in [-0.4, -0.2) is 42.0 Å². The van der Waals surface area contributed by atoms with Gasteiger partial charge in [0.15, 0.2) is 16.5 Å². The zero-order chi connectivity index (χ0) is 16.5. The maximum Gasteiger partial charge on any atom is 0.289 e. The van der Waals surface area contributed by atoms with Gasteiger partial charge >= 0.3 is 0 Å². The van der Waals surface area contributed by atoms with Crippen LogP contribution in [0.15, 0.2) is 40.8 Å². The van der Waals surface area contributed by atoms with E-state index >= 15 is 0 Å². The first-order valence-electron chi connectivity index (χ1n) is 8.16. The lowest BCUT2D eigenvalue weighted by Crippen LogP contribution is -2.43. The van der Waals surface area contributed by atoms with E-state index in [1.54, 1.807) is 17.4 Å². The minimum absolute atomic E-state index is 0. The molecule has 3 aromatic rings. The molecular formula is C18H21Cl2N3O2S.